The molecule has 0 aromatic carbocycles. The zero-order valence-electron chi connectivity index (χ0n) is 9.59. The van der Waals surface area contributed by atoms with Crippen molar-refractivity contribution < 1.29 is 4.79 Å². The van der Waals surface area contributed by atoms with E-state index in [4.69, 9.17) is 0 Å². The lowest BCUT2D eigenvalue weighted by molar-refractivity contribution is 0.102. The molecule has 7 nitrogen and oxygen atoms in total. The fourth-order valence-corrected chi connectivity index (χ4v) is 1.89. The summed E-state index contributed by atoms with van der Waals surface area (Å²) in [4.78, 5) is 16.2. The summed E-state index contributed by atoms with van der Waals surface area (Å²) in [6.45, 7) is 0. The molecule has 0 unspecified atom stereocenters. The quantitative estimate of drug-likeness (QED) is 0.778. The van der Waals surface area contributed by atoms with E-state index in [1.807, 2.05) is 0 Å². The zero-order chi connectivity index (χ0) is 13.1. The molecule has 0 atom stereocenters. The van der Waals surface area contributed by atoms with Gasteiger partial charge in [0, 0.05) is 23.9 Å². The molecular weight excluding hydrogens is 264 g/mol. The van der Waals surface area contributed by atoms with Crippen LogP contribution in [0.5, 0.6) is 0 Å². The normalized spacial score (nSPS) is 10.3. The zero-order valence-corrected chi connectivity index (χ0v) is 10.4. The highest BCUT2D eigenvalue weighted by Crippen LogP contribution is 2.11. The third-order valence-corrected chi connectivity index (χ3v) is 2.88. The highest BCUT2D eigenvalue weighted by atomic mass is 32.1. The van der Waals surface area contributed by atoms with E-state index in [1.54, 1.807) is 41.3 Å². The standard InChI is InChI=1S/C11H8N6OS/c18-11(15-10-7-12-16-19-10)8-3-1-4-9(14-8)17-6-2-5-13-17/h1-7H,(H,15,18). The Bertz CT molecular complexity index is 679. The largest absolute Gasteiger partial charge is 0.310 e. The van der Waals surface area contributed by atoms with E-state index in [1.165, 1.54) is 6.20 Å². The molecule has 0 aliphatic carbocycles. The second-order valence-electron chi connectivity index (χ2n) is 3.57. The van der Waals surface area contributed by atoms with Crippen LogP contribution >= 0.6 is 11.5 Å². The molecular formula is C11H8N6OS. The van der Waals surface area contributed by atoms with Crippen LogP contribution in [-0.2, 0) is 0 Å². The number of hydrogen-bond donors (Lipinski definition) is 1. The summed E-state index contributed by atoms with van der Waals surface area (Å²) in [5.41, 5.74) is 0.307. The maximum atomic E-state index is 12.0. The van der Waals surface area contributed by atoms with Gasteiger partial charge in [0.25, 0.3) is 5.91 Å². The Labute approximate surface area is 112 Å². The molecule has 3 aromatic rings. The first kappa shape index (κ1) is 11.5. The average Bonchev–Trinajstić information content (AvgIpc) is 3.12. The van der Waals surface area contributed by atoms with Crippen LogP contribution in [0.3, 0.4) is 0 Å². The first-order chi connectivity index (χ1) is 9.33. The topological polar surface area (TPSA) is 85.6 Å². The van der Waals surface area contributed by atoms with E-state index < -0.39 is 0 Å². The van der Waals surface area contributed by atoms with Crippen LogP contribution in [0.25, 0.3) is 5.82 Å². The number of carbonyl (C=O) groups excluding carboxylic acids is 1. The molecule has 0 radical (unpaired) electrons. The Hall–Kier alpha value is -2.61. The number of pyridine rings is 1. The molecule has 8 heteroatoms. The maximum Gasteiger partial charge on any atom is 0.275 e. The lowest BCUT2D eigenvalue weighted by atomic mass is 10.3. The number of carbonyl (C=O) groups is 1. The van der Waals surface area contributed by atoms with E-state index in [9.17, 15) is 4.79 Å². The fraction of sp³-hybridized carbons (Fsp3) is 0. The number of anilines is 1. The van der Waals surface area contributed by atoms with E-state index in [0.717, 1.165) is 11.5 Å². The third-order valence-electron chi connectivity index (χ3n) is 2.30. The van der Waals surface area contributed by atoms with Crippen molar-refractivity contribution in [3.8, 4) is 5.82 Å². The minimum atomic E-state index is -0.306. The number of hydrogen-bond acceptors (Lipinski definition) is 6. The molecule has 0 bridgehead atoms. The fourth-order valence-electron chi connectivity index (χ4n) is 1.48. The van der Waals surface area contributed by atoms with Gasteiger partial charge in [0.15, 0.2) is 5.82 Å². The van der Waals surface area contributed by atoms with E-state index in [2.05, 4.69) is 25.0 Å². The van der Waals surface area contributed by atoms with E-state index >= 15 is 0 Å². The minimum Gasteiger partial charge on any atom is -0.310 e. The average molecular weight is 272 g/mol. The number of nitrogens with zero attached hydrogens (tertiary/aromatic N) is 5. The van der Waals surface area contributed by atoms with Gasteiger partial charge < -0.3 is 5.32 Å². The third kappa shape index (κ3) is 2.47. The first-order valence-electron chi connectivity index (χ1n) is 5.39. The summed E-state index contributed by atoms with van der Waals surface area (Å²) in [5, 5.41) is 11.0. The number of rotatable bonds is 3. The number of amides is 1. The Morgan fingerprint density at radius 2 is 2.26 bits per heavy atom. The second kappa shape index (κ2) is 4.94. The summed E-state index contributed by atoms with van der Waals surface area (Å²) in [7, 11) is 0. The van der Waals surface area contributed by atoms with Gasteiger partial charge in [0.2, 0.25) is 0 Å². The Kier molecular flexibility index (Phi) is 2.99. The van der Waals surface area contributed by atoms with Gasteiger partial charge in [-0.3, -0.25) is 4.79 Å². The predicted molar refractivity (Wildman–Crippen MR) is 69.2 cm³/mol. The summed E-state index contributed by atoms with van der Waals surface area (Å²) in [6.07, 6.45) is 4.90. The lowest BCUT2D eigenvalue weighted by Gasteiger charge is -2.04. The van der Waals surface area contributed by atoms with Gasteiger partial charge in [0.05, 0.1) is 6.20 Å². The number of nitrogens with one attached hydrogen (secondary N) is 1. The summed E-state index contributed by atoms with van der Waals surface area (Å²) < 4.78 is 5.26. The lowest BCUT2D eigenvalue weighted by Crippen LogP contribution is -2.14. The smallest absolute Gasteiger partial charge is 0.275 e. The van der Waals surface area contributed by atoms with Crippen LogP contribution in [0.1, 0.15) is 10.5 Å². The highest BCUT2D eigenvalue weighted by molar-refractivity contribution is 7.10. The summed E-state index contributed by atoms with van der Waals surface area (Å²) in [6, 6.07) is 6.95. The van der Waals surface area contributed by atoms with Gasteiger partial charge in [-0.15, -0.1) is 5.10 Å². The van der Waals surface area contributed by atoms with Gasteiger partial charge in [0.1, 0.15) is 10.7 Å². The van der Waals surface area contributed by atoms with Crippen molar-refractivity contribution in [2.75, 3.05) is 5.32 Å². The molecule has 0 saturated carbocycles. The molecule has 3 heterocycles. The molecule has 1 N–H and O–H groups in total. The molecule has 0 aliphatic rings. The predicted octanol–water partition coefficient (Wildman–Crippen LogP) is 1.37. The van der Waals surface area contributed by atoms with E-state index in [0.29, 0.717) is 16.5 Å². The molecule has 0 saturated heterocycles. The minimum absolute atomic E-state index is 0.306. The van der Waals surface area contributed by atoms with Crippen molar-refractivity contribution in [3.63, 3.8) is 0 Å². The molecule has 0 spiro atoms. The monoisotopic (exact) mass is 272 g/mol. The van der Waals surface area contributed by atoms with Gasteiger partial charge in [-0.05, 0) is 18.2 Å². The molecule has 3 rings (SSSR count). The van der Waals surface area contributed by atoms with Crippen molar-refractivity contribution in [1.82, 2.24) is 24.4 Å². The Morgan fingerprint density at radius 1 is 1.32 bits per heavy atom. The summed E-state index contributed by atoms with van der Waals surface area (Å²) in [5.74, 6) is 0.278. The molecule has 1 amide bonds. The molecule has 19 heavy (non-hydrogen) atoms. The number of aromatic nitrogens is 5. The van der Waals surface area contributed by atoms with Crippen LogP contribution in [0, 0.1) is 0 Å². The maximum absolute atomic E-state index is 12.0. The van der Waals surface area contributed by atoms with Gasteiger partial charge >= 0.3 is 0 Å². The SMILES string of the molecule is O=C(Nc1cnns1)c1cccc(-n2cccn2)n1. The molecule has 0 aliphatic heterocycles. The van der Waals surface area contributed by atoms with Gasteiger partial charge in [-0.1, -0.05) is 10.6 Å². The van der Waals surface area contributed by atoms with Crippen LogP contribution in [0.4, 0.5) is 5.00 Å². The molecule has 94 valence electrons. The highest BCUT2D eigenvalue weighted by Gasteiger charge is 2.10. The van der Waals surface area contributed by atoms with Crippen molar-refractivity contribution in [2.45, 2.75) is 0 Å². The Morgan fingerprint density at radius 3 is 3.00 bits per heavy atom. The van der Waals surface area contributed by atoms with Crippen LogP contribution < -0.4 is 5.32 Å². The van der Waals surface area contributed by atoms with E-state index in [-0.39, 0.29) is 5.91 Å². The van der Waals surface area contributed by atoms with Crippen molar-refractivity contribution in [2.24, 2.45) is 0 Å². The van der Waals surface area contributed by atoms with Crippen LogP contribution in [0.15, 0.2) is 42.9 Å². The molecule has 0 fully saturated rings. The molecule has 3 aromatic heterocycles. The Balaban J connectivity index is 1.85. The van der Waals surface area contributed by atoms with Crippen molar-refractivity contribution >= 4 is 22.4 Å². The van der Waals surface area contributed by atoms with Crippen molar-refractivity contribution in [3.05, 3.63) is 48.5 Å². The summed E-state index contributed by atoms with van der Waals surface area (Å²) >= 11 is 1.11. The van der Waals surface area contributed by atoms with Gasteiger partial charge in [-0.25, -0.2) is 9.67 Å². The van der Waals surface area contributed by atoms with Crippen LogP contribution in [0.2, 0.25) is 0 Å². The first-order valence-corrected chi connectivity index (χ1v) is 6.16. The second-order valence-corrected chi connectivity index (χ2v) is 4.35. The van der Waals surface area contributed by atoms with Crippen molar-refractivity contribution in [1.29, 1.82) is 0 Å². The van der Waals surface area contributed by atoms with Crippen LogP contribution in [-0.4, -0.2) is 30.3 Å². The van der Waals surface area contributed by atoms with Gasteiger partial charge in [-0.2, -0.15) is 5.10 Å².